The average Bonchev–Trinajstić information content (AvgIpc) is 2.67. The Bertz CT molecular complexity index is 339. The van der Waals surface area contributed by atoms with E-state index in [2.05, 4.69) is 25.9 Å². The molecule has 0 atom stereocenters. The van der Waals surface area contributed by atoms with Gasteiger partial charge in [0.15, 0.2) is 0 Å². The highest BCUT2D eigenvalue weighted by atomic mass is 16.5. The second-order valence-corrected chi connectivity index (χ2v) is 5.75. The lowest BCUT2D eigenvalue weighted by Gasteiger charge is -2.20. The first kappa shape index (κ1) is 13.2. The molecule has 0 radical (unpaired) electrons. The van der Waals surface area contributed by atoms with Crippen molar-refractivity contribution in [3.63, 3.8) is 0 Å². The minimum Gasteiger partial charge on any atom is -0.395 e. The third kappa shape index (κ3) is 2.64. The van der Waals surface area contributed by atoms with E-state index in [1.807, 2.05) is 19.9 Å². The lowest BCUT2D eigenvalue weighted by atomic mass is 9.83. The Morgan fingerprint density at radius 2 is 1.88 bits per heavy atom. The van der Waals surface area contributed by atoms with Gasteiger partial charge in [0.2, 0.25) is 0 Å². The molecule has 1 aromatic heterocycles. The topological polar surface area (TPSA) is 46.3 Å². The quantitative estimate of drug-likeness (QED) is 0.837. The summed E-state index contributed by atoms with van der Waals surface area (Å²) in [6, 6.07) is 1.98. The molecule has 1 aromatic rings. The van der Waals surface area contributed by atoms with Gasteiger partial charge >= 0.3 is 0 Å². The lowest BCUT2D eigenvalue weighted by molar-refractivity contribution is 0.209. The zero-order valence-electron chi connectivity index (χ0n) is 11.0. The van der Waals surface area contributed by atoms with Crippen LogP contribution in [0.1, 0.15) is 58.9 Å². The van der Waals surface area contributed by atoms with Crippen LogP contribution >= 0.6 is 0 Å². The van der Waals surface area contributed by atoms with Gasteiger partial charge in [-0.25, -0.2) is 0 Å². The summed E-state index contributed by atoms with van der Waals surface area (Å²) in [7, 11) is 0. The Kier molecular flexibility index (Phi) is 3.79. The van der Waals surface area contributed by atoms with Crippen molar-refractivity contribution in [1.82, 2.24) is 5.16 Å². The van der Waals surface area contributed by atoms with E-state index in [1.54, 1.807) is 0 Å². The normalized spacial score (nSPS) is 13.1. The molecule has 92 valence electrons. The summed E-state index contributed by atoms with van der Waals surface area (Å²) in [6.45, 7) is 10.5. The van der Waals surface area contributed by atoms with Crippen molar-refractivity contribution in [1.29, 1.82) is 0 Å². The first-order valence-corrected chi connectivity index (χ1v) is 5.92. The molecule has 1 N–H and O–H groups in total. The summed E-state index contributed by atoms with van der Waals surface area (Å²) >= 11 is 0. The monoisotopic (exact) mass is 225 g/mol. The predicted octanol–water partition coefficient (Wildman–Crippen LogP) is 3.02. The summed E-state index contributed by atoms with van der Waals surface area (Å²) in [5.41, 5.74) is 0.518. The highest BCUT2D eigenvalue weighted by Gasteiger charge is 2.29. The molecular weight excluding hydrogens is 202 g/mol. The third-order valence-electron chi connectivity index (χ3n) is 3.14. The second kappa shape index (κ2) is 4.58. The van der Waals surface area contributed by atoms with E-state index in [1.165, 1.54) is 0 Å². The van der Waals surface area contributed by atoms with Crippen LogP contribution in [0.15, 0.2) is 10.6 Å². The minimum atomic E-state index is -0.329. The molecular formula is C13H23NO2. The average molecular weight is 225 g/mol. The molecule has 0 amide bonds. The van der Waals surface area contributed by atoms with Crippen LogP contribution in [-0.2, 0) is 10.8 Å². The Balaban J connectivity index is 2.95. The molecule has 3 heteroatoms. The van der Waals surface area contributed by atoms with E-state index in [-0.39, 0.29) is 17.4 Å². The maximum Gasteiger partial charge on any atom is 0.142 e. The SMILES string of the molecule is CCCC(C)(C)c1cc(C(C)(C)CO)no1. The van der Waals surface area contributed by atoms with Crippen LogP contribution in [-0.4, -0.2) is 16.9 Å². The molecule has 0 bridgehead atoms. The number of hydrogen-bond acceptors (Lipinski definition) is 3. The predicted molar refractivity (Wildman–Crippen MR) is 64.5 cm³/mol. The van der Waals surface area contributed by atoms with E-state index in [0.717, 1.165) is 24.3 Å². The molecule has 0 fully saturated rings. The fraction of sp³-hybridized carbons (Fsp3) is 0.769. The van der Waals surface area contributed by atoms with Gasteiger partial charge in [-0.1, -0.05) is 46.2 Å². The van der Waals surface area contributed by atoms with Crippen molar-refractivity contribution in [3.05, 3.63) is 17.5 Å². The van der Waals surface area contributed by atoms with Gasteiger partial charge in [0, 0.05) is 16.9 Å². The number of nitrogens with zero attached hydrogens (tertiary/aromatic N) is 1. The van der Waals surface area contributed by atoms with Crippen LogP contribution in [0.4, 0.5) is 0 Å². The summed E-state index contributed by atoms with van der Waals surface area (Å²) < 4.78 is 5.41. The Labute approximate surface area is 97.8 Å². The Hall–Kier alpha value is -0.830. The van der Waals surface area contributed by atoms with Gasteiger partial charge in [-0.2, -0.15) is 0 Å². The first-order chi connectivity index (χ1) is 7.33. The largest absolute Gasteiger partial charge is 0.395 e. The van der Waals surface area contributed by atoms with Crippen LogP contribution in [0.5, 0.6) is 0 Å². The van der Waals surface area contributed by atoms with Crippen molar-refractivity contribution in [3.8, 4) is 0 Å². The van der Waals surface area contributed by atoms with E-state index < -0.39 is 0 Å². The molecule has 16 heavy (non-hydrogen) atoms. The van der Waals surface area contributed by atoms with Gasteiger partial charge in [-0.3, -0.25) is 0 Å². The molecule has 0 saturated carbocycles. The fourth-order valence-corrected chi connectivity index (χ4v) is 1.74. The number of rotatable bonds is 5. The molecule has 0 saturated heterocycles. The molecule has 0 aliphatic carbocycles. The van der Waals surface area contributed by atoms with E-state index >= 15 is 0 Å². The number of aliphatic hydroxyl groups excluding tert-OH is 1. The van der Waals surface area contributed by atoms with Crippen LogP contribution < -0.4 is 0 Å². The van der Waals surface area contributed by atoms with Crippen LogP contribution in [0.3, 0.4) is 0 Å². The van der Waals surface area contributed by atoms with Gasteiger partial charge < -0.3 is 9.63 Å². The highest BCUT2D eigenvalue weighted by Crippen LogP contribution is 2.31. The molecule has 0 aromatic carbocycles. The van der Waals surface area contributed by atoms with Gasteiger partial charge in [0.05, 0.1) is 12.3 Å². The molecule has 1 rings (SSSR count). The number of hydrogen-bond donors (Lipinski definition) is 1. The van der Waals surface area contributed by atoms with E-state index in [9.17, 15) is 5.11 Å². The summed E-state index contributed by atoms with van der Waals surface area (Å²) in [5, 5.41) is 13.4. The zero-order chi connectivity index (χ0) is 12.4. The van der Waals surface area contributed by atoms with Crippen LogP contribution in [0.25, 0.3) is 0 Å². The van der Waals surface area contributed by atoms with Crippen molar-refractivity contribution in [2.24, 2.45) is 0 Å². The minimum absolute atomic E-state index is 0.0194. The summed E-state index contributed by atoms with van der Waals surface area (Å²) in [4.78, 5) is 0. The fourth-order valence-electron chi connectivity index (χ4n) is 1.74. The molecule has 1 heterocycles. The van der Waals surface area contributed by atoms with Gasteiger partial charge in [-0.15, -0.1) is 0 Å². The standard InChI is InChI=1S/C13H23NO2/c1-6-7-12(2,3)11-8-10(14-16-11)13(4,5)9-15/h8,15H,6-7,9H2,1-5H3. The van der Waals surface area contributed by atoms with Crippen molar-refractivity contribution in [2.45, 2.75) is 58.3 Å². The molecule has 0 spiro atoms. The molecule has 0 aliphatic rings. The second-order valence-electron chi connectivity index (χ2n) is 5.75. The third-order valence-corrected chi connectivity index (χ3v) is 3.14. The van der Waals surface area contributed by atoms with Crippen molar-refractivity contribution >= 4 is 0 Å². The zero-order valence-corrected chi connectivity index (χ0v) is 11.0. The molecule has 0 aliphatic heterocycles. The number of aliphatic hydroxyl groups is 1. The summed E-state index contributed by atoms with van der Waals surface area (Å²) in [5.74, 6) is 0.908. The van der Waals surface area contributed by atoms with E-state index in [0.29, 0.717) is 0 Å². The maximum absolute atomic E-state index is 9.28. The summed E-state index contributed by atoms with van der Waals surface area (Å²) in [6.07, 6.45) is 2.19. The maximum atomic E-state index is 9.28. The first-order valence-electron chi connectivity index (χ1n) is 5.92. The smallest absolute Gasteiger partial charge is 0.142 e. The van der Waals surface area contributed by atoms with Gasteiger partial charge in [0.25, 0.3) is 0 Å². The molecule has 3 nitrogen and oxygen atoms in total. The Morgan fingerprint density at radius 1 is 1.25 bits per heavy atom. The lowest BCUT2D eigenvalue weighted by Crippen LogP contribution is -2.22. The van der Waals surface area contributed by atoms with E-state index in [4.69, 9.17) is 4.52 Å². The Morgan fingerprint density at radius 3 is 2.38 bits per heavy atom. The van der Waals surface area contributed by atoms with Gasteiger partial charge in [-0.05, 0) is 6.42 Å². The highest BCUT2D eigenvalue weighted by molar-refractivity contribution is 5.20. The van der Waals surface area contributed by atoms with Crippen molar-refractivity contribution < 1.29 is 9.63 Å². The van der Waals surface area contributed by atoms with Crippen LogP contribution in [0.2, 0.25) is 0 Å². The number of aromatic nitrogens is 1. The van der Waals surface area contributed by atoms with Crippen molar-refractivity contribution in [2.75, 3.05) is 6.61 Å². The molecule has 0 unspecified atom stereocenters. The van der Waals surface area contributed by atoms with Gasteiger partial charge in [0.1, 0.15) is 5.76 Å². The van der Waals surface area contributed by atoms with Crippen LogP contribution in [0, 0.1) is 0 Å².